The van der Waals surface area contributed by atoms with E-state index in [1.165, 1.54) is 24.9 Å². The average molecular weight is 306 g/mol. The number of hydrogen-bond donors (Lipinski definition) is 0. The Morgan fingerprint density at radius 2 is 1.60 bits per heavy atom. The minimum atomic E-state index is -3.18. The zero-order valence-electron chi connectivity index (χ0n) is 11.2. The molecule has 104 valence electrons. The molecule has 0 amide bonds. The van der Waals surface area contributed by atoms with Crippen LogP contribution in [-0.2, 0) is 9.84 Å². The Hall–Kier alpha value is -1.59. The van der Waals surface area contributed by atoms with Gasteiger partial charge in [-0.3, -0.25) is 4.79 Å². The summed E-state index contributed by atoms with van der Waals surface area (Å²) in [5.74, 6) is 0.0147. The van der Waals surface area contributed by atoms with Crippen molar-refractivity contribution in [2.45, 2.75) is 21.6 Å². The van der Waals surface area contributed by atoms with E-state index in [2.05, 4.69) is 0 Å². The molecule has 0 bridgehead atoms. The molecule has 0 atom stereocenters. The molecule has 0 aliphatic heterocycles. The number of hydrogen-bond acceptors (Lipinski definition) is 4. The third kappa shape index (κ3) is 3.49. The van der Waals surface area contributed by atoms with E-state index in [1.54, 1.807) is 30.3 Å². The summed E-state index contributed by atoms with van der Waals surface area (Å²) in [6, 6.07) is 14.0. The summed E-state index contributed by atoms with van der Waals surface area (Å²) < 4.78 is 22.8. The van der Waals surface area contributed by atoms with Gasteiger partial charge in [0.1, 0.15) is 0 Å². The monoisotopic (exact) mass is 306 g/mol. The Morgan fingerprint density at radius 3 is 2.15 bits per heavy atom. The maximum atomic E-state index is 11.5. The van der Waals surface area contributed by atoms with Crippen LogP contribution in [0, 0.1) is 0 Å². The van der Waals surface area contributed by atoms with Crippen molar-refractivity contribution >= 4 is 27.4 Å². The molecule has 0 radical (unpaired) electrons. The van der Waals surface area contributed by atoms with Gasteiger partial charge in [-0.05, 0) is 37.3 Å². The van der Waals surface area contributed by atoms with Crippen molar-refractivity contribution < 1.29 is 13.2 Å². The van der Waals surface area contributed by atoms with E-state index in [-0.39, 0.29) is 5.78 Å². The van der Waals surface area contributed by atoms with Crippen LogP contribution in [0.2, 0.25) is 0 Å². The van der Waals surface area contributed by atoms with Crippen molar-refractivity contribution in [1.82, 2.24) is 0 Å². The highest BCUT2D eigenvalue weighted by molar-refractivity contribution is 7.99. The fourth-order valence-electron chi connectivity index (χ4n) is 1.73. The number of carbonyl (C=O) groups is 1. The van der Waals surface area contributed by atoms with Gasteiger partial charge < -0.3 is 0 Å². The van der Waals surface area contributed by atoms with Crippen LogP contribution in [0.5, 0.6) is 0 Å². The molecule has 0 aliphatic rings. The van der Waals surface area contributed by atoms with E-state index in [4.69, 9.17) is 0 Å². The Kier molecular flexibility index (Phi) is 4.30. The van der Waals surface area contributed by atoms with E-state index in [0.29, 0.717) is 10.5 Å². The summed E-state index contributed by atoms with van der Waals surface area (Å²) in [5.41, 5.74) is 0.671. The lowest BCUT2D eigenvalue weighted by molar-refractivity contribution is 0.101. The lowest BCUT2D eigenvalue weighted by Crippen LogP contribution is -1.96. The molecule has 3 nitrogen and oxygen atoms in total. The van der Waals surface area contributed by atoms with E-state index in [0.717, 1.165) is 9.79 Å². The lowest BCUT2D eigenvalue weighted by Gasteiger charge is -2.07. The van der Waals surface area contributed by atoms with Crippen LogP contribution in [0.25, 0.3) is 0 Å². The van der Waals surface area contributed by atoms with Crippen molar-refractivity contribution in [1.29, 1.82) is 0 Å². The van der Waals surface area contributed by atoms with Crippen molar-refractivity contribution in [3.05, 3.63) is 54.1 Å². The second-order valence-corrected chi connectivity index (χ2v) is 7.53. The van der Waals surface area contributed by atoms with Gasteiger partial charge in [0, 0.05) is 21.6 Å². The molecular formula is C15H14O3S2. The fourth-order valence-corrected chi connectivity index (χ4v) is 3.35. The van der Waals surface area contributed by atoms with Crippen LogP contribution in [-0.4, -0.2) is 20.5 Å². The molecule has 5 heteroatoms. The molecule has 0 saturated carbocycles. The molecule has 0 aliphatic carbocycles. The van der Waals surface area contributed by atoms with Crippen molar-refractivity contribution in [2.24, 2.45) is 0 Å². The van der Waals surface area contributed by atoms with Gasteiger partial charge in [0.05, 0.1) is 4.90 Å². The average Bonchev–Trinajstić information content (AvgIpc) is 2.38. The molecule has 20 heavy (non-hydrogen) atoms. The van der Waals surface area contributed by atoms with Crippen LogP contribution < -0.4 is 0 Å². The standard InChI is InChI=1S/C15H14O3S2/c1-11(16)14-5-3-4-6-15(14)19-12-7-9-13(10-8-12)20(2,17)18/h3-10H,1-2H3. The smallest absolute Gasteiger partial charge is 0.175 e. The number of benzene rings is 2. The second kappa shape index (κ2) is 5.81. The highest BCUT2D eigenvalue weighted by Gasteiger charge is 2.09. The largest absolute Gasteiger partial charge is 0.294 e. The van der Waals surface area contributed by atoms with Crippen molar-refractivity contribution in [2.75, 3.05) is 6.26 Å². The van der Waals surface area contributed by atoms with Crippen LogP contribution in [0.4, 0.5) is 0 Å². The first kappa shape index (κ1) is 14.8. The Balaban J connectivity index is 2.30. The third-order valence-corrected chi connectivity index (χ3v) is 4.96. The van der Waals surface area contributed by atoms with Crippen LogP contribution in [0.1, 0.15) is 17.3 Å². The third-order valence-electron chi connectivity index (χ3n) is 2.75. The summed E-state index contributed by atoms with van der Waals surface area (Å²) in [6.07, 6.45) is 1.18. The summed E-state index contributed by atoms with van der Waals surface area (Å²) in [6.45, 7) is 1.53. The Labute approximate surface area is 122 Å². The van der Waals surface area contributed by atoms with Crippen LogP contribution in [0.15, 0.2) is 63.2 Å². The first-order chi connectivity index (χ1) is 9.38. The molecule has 0 saturated heterocycles. The van der Waals surface area contributed by atoms with Gasteiger partial charge >= 0.3 is 0 Å². The van der Waals surface area contributed by atoms with Gasteiger partial charge in [-0.25, -0.2) is 8.42 Å². The zero-order chi connectivity index (χ0) is 14.8. The topological polar surface area (TPSA) is 51.2 Å². The molecular weight excluding hydrogens is 292 g/mol. The molecule has 0 unspecified atom stereocenters. The van der Waals surface area contributed by atoms with E-state index < -0.39 is 9.84 Å². The zero-order valence-corrected chi connectivity index (χ0v) is 12.8. The minimum absolute atomic E-state index is 0.0147. The summed E-state index contributed by atoms with van der Waals surface area (Å²) >= 11 is 1.45. The number of rotatable bonds is 4. The van der Waals surface area contributed by atoms with Gasteiger partial charge in [0.25, 0.3) is 0 Å². The quantitative estimate of drug-likeness (QED) is 0.812. The maximum absolute atomic E-state index is 11.5. The first-order valence-corrected chi connectivity index (χ1v) is 8.66. The number of carbonyl (C=O) groups excluding carboxylic acids is 1. The molecule has 0 spiro atoms. The molecule has 0 heterocycles. The van der Waals surface area contributed by atoms with Crippen LogP contribution in [0.3, 0.4) is 0 Å². The summed E-state index contributed by atoms with van der Waals surface area (Å²) in [7, 11) is -3.18. The maximum Gasteiger partial charge on any atom is 0.175 e. The fraction of sp³-hybridized carbons (Fsp3) is 0.133. The van der Waals surface area contributed by atoms with E-state index in [9.17, 15) is 13.2 Å². The molecule has 2 rings (SSSR count). The number of ketones is 1. The van der Waals surface area contributed by atoms with Crippen molar-refractivity contribution in [3.63, 3.8) is 0 Å². The van der Waals surface area contributed by atoms with E-state index in [1.807, 2.05) is 18.2 Å². The minimum Gasteiger partial charge on any atom is -0.294 e. The predicted molar refractivity (Wildman–Crippen MR) is 80.1 cm³/mol. The van der Waals surface area contributed by atoms with E-state index >= 15 is 0 Å². The van der Waals surface area contributed by atoms with Gasteiger partial charge in [-0.15, -0.1) is 0 Å². The lowest BCUT2D eigenvalue weighted by atomic mass is 10.1. The number of Topliss-reactive ketones (excluding diaryl/α,β-unsaturated/α-hetero) is 1. The van der Waals surface area contributed by atoms with Gasteiger partial charge in [-0.2, -0.15) is 0 Å². The second-order valence-electron chi connectivity index (χ2n) is 4.40. The van der Waals surface area contributed by atoms with Crippen molar-refractivity contribution in [3.8, 4) is 0 Å². The molecule has 0 fully saturated rings. The van der Waals surface area contributed by atoms with Gasteiger partial charge in [0.15, 0.2) is 15.6 Å². The highest BCUT2D eigenvalue weighted by atomic mass is 32.2. The number of sulfone groups is 1. The summed E-state index contributed by atoms with van der Waals surface area (Å²) in [4.78, 5) is 13.6. The molecule has 2 aromatic carbocycles. The highest BCUT2D eigenvalue weighted by Crippen LogP contribution is 2.31. The normalized spacial score (nSPS) is 11.3. The molecule has 0 aromatic heterocycles. The SMILES string of the molecule is CC(=O)c1ccccc1Sc1ccc(S(C)(=O)=O)cc1. The molecule has 2 aromatic rings. The summed E-state index contributed by atoms with van der Waals surface area (Å²) in [5, 5.41) is 0. The van der Waals surface area contributed by atoms with Crippen LogP contribution >= 0.6 is 11.8 Å². The Bertz CT molecular complexity index is 732. The van der Waals surface area contributed by atoms with Gasteiger partial charge in [-0.1, -0.05) is 30.0 Å². The van der Waals surface area contributed by atoms with Gasteiger partial charge in [0.2, 0.25) is 0 Å². The predicted octanol–water partition coefficient (Wildman–Crippen LogP) is 3.44. The Morgan fingerprint density at radius 1 is 1.00 bits per heavy atom. The first-order valence-electron chi connectivity index (χ1n) is 5.96. The molecule has 0 N–H and O–H groups in total.